The Bertz CT molecular complexity index is 1000. The van der Waals surface area contributed by atoms with E-state index in [4.69, 9.17) is 16.3 Å². The summed E-state index contributed by atoms with van der Waals surface area (Å²) in [7, 11) is 2.84. The highest BCUT2D eigenvalue weighted by Crippen LogP contribution is 2.62. The molecule has 116 valence electrons. The van der Waals surface area contributed by atoms with Crippen molar-refractivity contribution in [2.75, 3.05) is 20.7 Å². The summed E-state index contributed by atoms with van der Waals surface area (Å²) in [5, 5.41) is 10.8. The molecule has 4 heteroatoms. The van der Waals surface area contributed by atoms with Crippen molar-refractivity contribution in [1.29, 1.82) is 0 Å². The number of aliphatic hydroxyl groups excluding tert-OH is 1. The molecule has 22 heavy (non-hydrogen) atoms. The van der Waals surface area contributed by atoms with E-state index in [1.165, 1.54) is 24.2 Å². The highest BCUT2D eigenvalue weighted by molar-refractivity contribution is 5.62. The summed E-state index contributed by atoms with van der Waals surface area (Å²) in [5.41, 5.74) is -1.71. The van der Waals surface area contributed by atoms with Crippen molar-refractivity contribution in [3.05, 3.63) is 35.4 Å². The van der Waals surface area contributed by atoms with Gasteiger partial charge in [-0.15, -0.1) is 0 Å². The van der Waals surface area contributed by atoms with Gasteiger partial charge in [-0.1, -0.05) is 18.2 Å². The highest BCUT2D eigenvalue weighted by Gasteiger charge is 2.64. The smallest absolute Gasteiger partial charge is 0.165 e. The van der Waals surface area contributed by atoms with Crippen molar-refractivity contribution >= 4 is 0 Å². The van der Waals surface area contributed by atoms with Gasteiger partial charge in [-0.2, -0.15) is 0 Å². The first-order valence-corrected chi connectivity index (χ1v) is 7.36. The predicted octanol–water partition coefficient (Wildman–Crippen LogP) is 1.50. The summed E-state index contributed by atoms with van der Waals surface area (Å²) in [6, 6.07) is -3.07. The number of nitrogens with zero attached hydrogens (tertiary/aromatic N) is 1. The second-order valence-corrected chi connectivity index (χ2v) is 6.10. The maximum atomic E-state index is 10.8. The molecule has 0 aromatic heterocycles. The van der Waals surface area contributed by atoms with E-state index in [0.29, 0.717) is 0 Å². The second kappa shape index (κ2) is 4.06. The lowest BCUT2D eigenvalue weighted by Gasteiger charge is -2.56. The number of benzene rings is 1. The zero-order valence-electron chi connectivity index (χ0n) is 19.4. The van der Waals surface area contributed by atoms with Crippen LogP contribution in [0.25, 0.3) is 0 Å². The largest absolute Gasteiger partial charge is 0.493 e. The van der Waals surface area contributed by atoms with Crippen LogP contribution in [0, 0.1) is 5.89 Å². The van der Waals surface area contributed by atoms with Crippen LogP contribution in [0.5, 0.6) is 11.5 Å². The molecule has 2 aliphatic carbocycles. The van der Waals surface area contributed by atoms with Gasteiger partial charge in [-0.3, -0.25) is 0 Å². The Kier molecular flexibility index (Phi) is 1.45. The lowest BCUT2D eigenvalue weighted by atomic mass is 9.53. The van der Waals surface area contributed by atoms with E-state index in [0.717, 1.165) is 0 Å². The summed E-state index contributed by atoms with van der Waals surface area (Å²) in [4.78, 5) is 1.43. The van der Waals surface area contributed by atoms with Crippen LogP contribution in [0.2, 0.25) is 0 Å². The van der Waals surface area contributed by atoms with Crippen molar-refractivity contribution in [2.24, 2.45) is 5.89 Å². The Hall–Kier alpha value is -1.52. The number of hydrogen-bond donors (Lipinski definition) is 1. The monoisotopic (exact) mass is 306 g/mol. The van der Waals surface area contributed by atoms with Crippen LogP contribution in [0.3, 0.4) is 0 Å². The van der Waals surface area contributed by atoms with Gasteiger partial charge in [0.25, 0.3) is 0 Å². The van der Waals surface area contributed by atoms with Crippen LogP contribution >= 0.6 is 0 Å². The first-order chi connectivity index (χ1) is 13.4. The lowest BCUT2D eigenvalue weighted by molar-refractivity contribution is -0.0453. The van der Waals surface area contributed by atoms with Gasteiger partial charge in [-0.25, -0.2) is 0 Å². The number of rotatable bonds is 1. The minimum Gasteiger partial charge on any atom is -0.493 e. The Morgan fingerprint density at radius 2 is 2.41 bits per heavy atom. The molecule has 1 saturated heterocycles. The van der Waals surface area contributed by atoms with E-state index < -0.39 is 48.0 Å². The maximum absolute atomic E-state index is 10.8. The van der Waals surface area contributed by atoms with Gasteiger partial charge in [0.1, 0.15) is 12.2 Å². The van der Waals surface area contributed by atoms with Gasteiger partial charge < -0.3 is 19.5 Å². The summed E-state index contributed by atoms with van der Waals surface area (Å²) >= 11 is 0. The topological polar surface area (TPSA) is 41.9 Å². The van der Waals surface area contributed by atoms with Gasteiger partial charge in [-0.05, 0) is 38.0 Å². The van der Waals surface area contributed by atoms with Gasteiger partial charge in [0.15, 0.2) is 11.5 Å². The molecular formula is C18H21NO3. The molecule has 1 aromatic rings. The molecule has 5 rings (SSSR count). The molecule has 5 atom stereocenters. The van der Waals surface area contributed by atoms with E-state index >= 15 is 0 Å². The lowest BCUT2D eigenvalue weighted by Crippen LogP contribution is -2.64. The normalized spacial score (nSPS) is 58.0. The van der Waals surface area contributed by atoms with Crippen molar-refractivity contribution in [1.82, 2.24) is 4.90 Å². The van der Waals surface area contributed by atoms with Gasteiger partial charge >= 0.3 is 0 Å². The molecule has 0 amide bonds. The number of aliphatic hydroxyl groups is 1. The number of methoxy groups -OCH3 is 1. The molecule has 2 aliphatic heterocycles. The van der Waals surface area contributed by atoms with Crippen molar-refractivity contribution in [2.45, 2.75) is 36.4 Å². The van der Waals surface area contributed by atoms with Gasteiger partial charge in [0.05, 0.1) is 11.2 Å². The standard InChI is InChI=1S/C18H21NO3/c1-19-8-7-18-11-4-5-13(20)17(18)22-16-14(21-2)6-3-10(15(16)18)9-12(11)19/h3-6,11-13,17,20H,7-9H2,1-2H3/t11-,12+,13?,17?,18-/m0/s1/i3D,6D,9D2,11D,12D,17D. The van der Waals surface area contributed by atoms with Crippen LogP contribution in [-0.2, 0) is 11.8 Å². The molecule has 2 heterocycles. The summed E-state index contributed by atoms with van der Waals surface area (Å²) < 4.78 is 73.7. The summed E-state index contributed by atoms with van der Waals surface area (Å²) in [6.07, 6.45) is -3.39. The number of likely N-dealkylation sites (N-methyl/N-ethyl adjacent to an activating group) is 1. The molecule has 1 spiro atoms. The van der Waals surface area contributed by atoms with Crippen LogP contribution in [-0.4, -0.2) is 48.9 Å². The molecule has 2 bridgehead atoms. The SMILES string of the molecule is [2H]c1c([2H])c2c3c(c1OC)OC1([2H])C(O)C=C[C@]4([2H])[C@@]31CCN(C)[C@]4([2H])C2([2H])[2H]. The zero-order chi connectivity index (χ0) is 21.4. The average molecular weight is 306 g/mol. The Morgan fingerprint density at radius 1 is 1.55 bits per heavy atom. The Balaban J connectivity index is 2.07. The Morgan fingerprint density at radius 3 is 3.23 bits per heavy atom. The predicted molar refractivity (Wildman–Crippen MR) is 82.5 cm³/mol. The van der Waals surface area contributed by atoms with Crippen molar-refractivity contribution in [3.63, 3.8) is 0 Å². The molecule has 0 radical (unpaired) electrons. The minimum atomic E-state index is -2.53. The maximum Gasteiger partial charge on any atom is 0.165 e. The fourth-order valence-electron chi connectivity index (χ4n) is 4.12. The molecule has 1 fully saturated rings. The zero-order valence-corrected chi connectivity index (χ0v) is 12.4. The third-order valence-corrected chi connectivity index (χ3v) is 5.12. The summed E-state index contributed by atoms with van der Waals surface area (Å²) in [5.74, 6) is -2.18. The third kappa shape index (κ3) is 1.28. The first kappa shape index (κ1) is 7.84. The Labute approximate surface area is 140 Å². The molecular weight excluding hydrogens is 278 g/mol. The van der Waals surface area contributed by atoms with Crippen LogP contribution in [0.15, 0.2) is 24.2 Å². The van der Waals surface area contributed by atoms with E-state index in [2.05, 4.69) is 0 Å². The molecule has 2 unspecified atom stereocenters. The number of hydrogen-bond acceptors (Lipinski definition) is 4. The van der Waals surface area contributed by atoms with Crippen molar-refractivity contribution < 1.29 is 24.2 Å². The van der Waals surface area contributed by atoms with Crippen LogP contribution in [0.1, 0.15) is 27.1 Å². The fourth-order valence-corrected chi connectivity index (χ4v) is 4.12. The van der Waals surface area contributed by atoms with E-state index in [9.17, 15) is 7.85 Å². The van der Waals surface area contributed by atoms with Crippen LogP contribution < -0.4 is 9.47 Å². The molecule has 4 nitrogen and oxygen atoms in total. The molecule has 0 saturated carbocycles. The molecule has 1 N–H and O–H groups in total. The fraction of sp³-hybridized carbons (Fsp3) is 0.556. The van der Waals surface area contributed by atoms with Crippen molar-refractivity contribution in [3.8, 4) is 11.5 Å². The number of piperidine rings is 1. The number of likely N-dealkylation sites (tertiary alicyclic amines) is 1. The average Bonchev–Trinajstić information content (AvgIpc) is 2.92. The second-order valence-electron chi connectivity index (χ2n) is 6.10. The van der Waals surface area contributed by atoms with Crippen LogP contribution in [0.4, 0.5) is 0 Å². The molecule has 1 aromatic carbocycles. The third-order valence-electron chi connectivity index (χ3n) is 5.12. The van der Waals surface area contributed by atoms with E-state index in [1.807, 2.05) is 0 Å². The summed E-state index contributed by atoms with van der Waals surface area (Å²) in [6.45, 7) is 0.200. The van der Waals surface area contributed by atoms with E-state index in [-0.39, 0.29) is 35.6 Å². The van der Waals surface area contributed by atoms with Gasteiger partial charge in [0, 0.05) is 28.4 Å². The minimum absolute atomic E-state index is 0.0756. The van der Waals surface area contributed by atoms with E-state index in [1.54, 1.807) is 7.05 Å². The number of ether oxygens (including phenoxy) is 2. The highest BCUT2D eigenvalue weighted by atomic mass is 16.5. The van der Waals surface area contributed by atoms with Gasteiger partial charge in [0.2, 0.25) is 0 Å². The quantitative estimate of drug-likeness (QED) is 0.799. The first-order valence-electron chi connectivity index (χ1n) is 10.9. The molecule has 4 aliphatic rings.